The Morgan fingerprint density at radius 2 is 1.68 bits per heavy atom. The zero-order valence-electron chi connectivity index (χ0n) is 15.0. The van der Waals surface area contributed by atoms with Crippen LogP contribution in [0.5, 0.6) is 0 Å². The Balaban J connectivity index is 1.67. The number of carbonyl (C=O) groups excluding carboxylic acids is 1. The van der Waals surface area contributed by atoms with Crippen LogP contribution in [0.25, 0.3) is 11.1 Å². The Morgan fingerprint density at radius 1 is 1.00 bits per heavy atom. The van der Waals surface area contributed by atoms with Crippen molar-refractivity contribution in [1.82, 2.24) is 0 Å². The van der Waals surface area contributed by atoms with Crippen molar-refractivity contribution in [3.05, 3.63) is 71.1 Å². The molecule has 0 aliphatic carbocycles. The first-order valence-electron chi connectivity index (χ1n) is 8.89. The number of amides is 1. The molecule has 0 unspecified atom stereocenters. The molecule has 2 aromatic carbocycles. The molecule has 144 valence electrons. The number of anilines is 2. The second-order valence-corrected chi connectivity index (χ2v) is 7.44. The van der Waals surface area contributed by atoms with Gasteiger partial charge in [0.15, 0.2) is 0 Å². The summed E-state index contributed by atoms with van der Waals surface area (Å²) in [7, 11) is 0. The average Bonchev–Trinajstić information content (AvgIpc) is 3.14. The highest BCUT2D eigenvalue weighted by Gasteiger charge is 2.22. The fraction of sp³-hybridized carbons (Fsp3) is 0.190. The van der Waals surface area contributed by atoms with Crippen molar-refractivity contribution in [1.29, 1.82) is 0 Å². The van der Waals surface area contributed by atoms with E-state index in [1.165, 1.54) is 11.3 Å². The van der Waals surface area contributed by atoms with Crippen LogP contribution in [0.4, 0.5) is 19.5 Å². The summed E-state index contributed by atoms with van der Waals surface area (Å²) in [5.74, 6) is -1.87. The second-order valence-electron chi connectivity index (χ2n) is 6.41. The summed E-state index contributed by atoms with van der Waals surface area (Å²) in [6.07, 6.45) is 0. The lowest BCUT2D eigenvalue weighted by Gasteiger charge is -2.28. The first-order valence-corrected chi connectivity index (χ1v) is 9.71. The highest BCUT2D eigenvalue weighted by atomic mass is 32.1. The number of ether oxygens (including phenoxy) is 1. The predicted molar refractivity (Wildman–Crippen MR) is 107 cm³/mol. The van der Waals surface area contributed by atoms with Gasteiger partial charge in [-0.15, -0.1) is 11.3 Å². The van der Waals surface area contributed by atoms with Crippen LogP contribution < -0.4 is 10.2 Å². The lowest BCUT2D eigenvalue weighted by atomic mass is 10.1. The largest absolute Gasteiger partial charge is 0.378 e. The number of thiophene rings is 1. The van der Waals surface area contributed by atoms with Crippen molar-refractivity contribution in [3.8, 4) is 11.1 Å². The van der Waals surface area contributed by atoms with Crippen LogP contribution >= 0.6 is 11.3 Å². The third-order valence-corrected chi connectivity index (χ3v) is 5.63. The van der Waals surface area contributed by atoms with Crippen molar-refractivity contribution in [3.63, 3.8) is 0 Å². The fourth-order valence-electron chi connectivity index (χ4n) is 3.14. The maximum Gasteiger partial charge on any atom is 0.265 e. The molecule has 0 radical (unpaired) electrons. The number of rotatable bonds is 4. The summed E-state index contributed by atoms with van der Waals surface area (Å²) in [5.41, 5.74) is 2.06. The molecule has 1 fully saturated rings. The number of hydrogen-bond acceptors (Lipinski definition) is 4. The third-order valence-electron chi connectivity index (χ3n) is 4.44. The molecule has 4 nitrogen and oxygen atoms in total. The highest BCUT2D eigenvalue weighted by molar-refractivity contribution is 7.18. The molecule has 28 heavy (non-hydrogen) atoms. The van der Waals surface area contributed by atoms with Crippen molar-refractivity contribution in [2.24, 2.45) is 0 Å². The normalized spacial score (nSPS) is 14.1. The predicted octanol–water partition coefficient (Wildman–Crippen LogP) is 4.78. The van der Waals surface area contributed by atoms with Gasteiger partial charge in [-0.1, -0.05) is 30.3 Å². The molecular weight excluding hydrogens is 382 g/mol. The van der Waals surface area contributed by atoms with E-state index >= 15 is 0 Å². The maximum atomic E-state index is 13.4. The van der Waals surface area contributed by atoms with Crippen LogP contribution in [0, 0.1) is 11.6 Å². The number of benzene rings is 2. The van der Waals surface area contributed by atoms with E-state index in [0.29, 0.717) is 18.1 Å². The lowest BCUT2D eigenvalue weighted by molar-refractivity contribution is 0.103. The summed E-state index contributed by atoms with van der Waals surface area (Å²) >= 11 is 1.37. The number of carbonyl (C=O) groups is 1. The summed E-state index contributed by atoms with van der Waals surface area (Å²) in [4.78, 5) is 15.4. The number of nitrogens with one attached hydrogen (secondary N) is 1. The van der Waals surface area contributed by atoms with Crippen LogP contribution in [0.1, 0.15) is 9.67 Å². The number of hydrogen-bond donors (Lipinski definition) is 1. The lowest BCUT2D eigenvalue weighted by Crippen LogP contribution is -2.35. The SMILES string of the molecule is O=C(Nc1cc(F)cc(F)c1)c1cc(-c2ccccc2)c(N2CCOCC2)s1. The van der Waals surface area contributed by atoms with E-state index in [9.17, 15) is 13.6 Å². The molecule has 0 saturated carbocycles. The van der Waals surface area contributed by atoms with E-state index in [4.69, 9.17) is 4.74 Å². The highest BCUT2D eigenvalue weighted by Crippen LogP contribution is 2.39. The van der Waals surface area contributed by atoms with Crippen molar-refractivity contribution >= 4 is 27.9 Å². The topological polar surface area (TPSA) is 41.6 Å². The first-order chi connectivity index (χ1) is 13.6. The van der Waals surface area contributed by atoms with Gasteiger partial charge in [-0.25, -0.2) is 8.78 Å². The van der Waals surface area contributed by atoms with Gasteiger partial charge in [0.05, 0.1) is 23.1 Å². The Labute approximate surface area is 165 Å². The van der Waals surface area contributed by atoms with Crippen LogP contribution in [0.15, 0.2) is 54.6 Å². The Hall–Kier alpha value is -2.77. The molecule has 0 bridgehead atoms. The molecule has 0 spiro atoms. The molecule has 4 rings (SSSR count). The molecule has 1 amide bonds. The summed E-state index contributed by atoms with van der Waals surface area (Å²) in [6.45, 7) is 2.76. The summed E-state index contributed by atoms with van der Waals surface area (Å²) < 4.78 is 32.2. The zero-order valence-corrected chi connectivity index (χ0v) is 15.8. The first kappa shape index (κ1) is 18.6. The fourth-order valence-corrected chi connectivity index (χ4v) is 4.27. The smallest absolute Gasteiger partial charge is 0.265 e. The Bertz CT molecular complexity index is 965. The van der Waals surface area contributed by atoms with E-state index < -0.39 is 17.5 Å². The van der Waals surface area contributed by atoms with Gasteiger partial charge in [-0.3, -0.25) is 4.79 Å². The minimum atomic E-state index is -0.736. The van der Waals surface area contributed by atoms with Crippen LogP contribution in [0.2, 0.25) is 0 Å². The van der Waals surface area contributed by atoms with Gasteiger partial charge in [0.2, 0.25) is 0 Å². The standard InChI is InChI=1S/C21H18F2N2O2S/c22-15-10-16(23)12-17(11-15)24-20(26)19-13-18(14-4-2-1-3-5-14)21(28-19)25-6-8-27-9-7-25/h1-5,10-13H,6-9H2,(H,24,26). The quantitative estimate of drug-likeness (QED) is 0.685. The summed E-state index contributed by atoms with van der Waals surface area (Å²) in [6, 6.07) is 14.6. The molecular formula is C21H18F2N2O2S. The number of nitrogens with zero attached hydrogens (tertiary/aromatic N) is 1. The van der Waals surface area contributed by atoms with Crippen molar-refractivity contribution in [2.45, 2.75) is 0 Å². The van der Waals surface area contributed by atoms with E-state index in [1.54, 1.807) is 0 Å². The molecule has 1 aliphatic heterocycles. The summed E-state index contributed by atoms with van der Waals surface area (Å²) in [5, 5.41) is 3.57. The number of halogens is 2. The molecule has 0 atom stereocenters. The maximum absolute atomic E-state index is 13.4. The monoisotopic (exact) mass is 400 g/mol. The minimum absolute atomic E-state index is 0.0880. The van der Waals surface area contributed by atoms with Gasteiger partial charge in [-0.05, 0) is 23.8 Å². The minimum Gasteiger partial charge on any atom is -0.378 e. The van der Waals surface area contributed by atoms with Crippen LogP contribution in [-0.4, -0.2) is 32.2 Å². The molecule has 7 heteroatoms. The molecule has 2 heterocycles. The van der Waals surface area contributed by atoms with E-state index in [1.807, 2.05) is 36.4 Å². The van der Waals surface area contributed by atoms with Crippen LogP contribution in [-0.2, 0) is 4.74 Å². The van der Waals surface area contributed by atoms with Gasteiger partial charge in [-0.2, -0.15) is 0 Å². The zero-order chi connectivity index (χ0) is 19.5. The molecule has 1 N–H and O–H groups in total. The third kappa shape index (κ3) is 4.05. The van der Waals surface area contributed by atoms with E-state index in [-0.39, 0.29) is 5.69 Å². The molecule has 1 aromatic heterocycles. The van der Waals surface area contributed by atoms with Gasteiger partial charge in [0.1, 0.15) is 11.6 Å². The van der Waals surface area contributed by atoms with Crippen molar-refractivity contribution in [2.75, 3.05) is 36.5 Å². The Morgan fingerprint density at radius 3 is 2.36 bits per heavy atom. The second kappa shape index (κ2) is 8.08. The van der Waals surface area contributed by atoms with Gasteiger partial charge in [0.25, 0.3) is 5.91 Å². The van der Waals surface area contributed by atoms with Gasteiger partial charge < -0.3 is 15.0 Å². The average molecular weight is 400 g/mol. The molecule has 3 aromatic rings. The number of morpholine rings is 1. The van der Waals surface area contributed by atoms with Gasteiger partial charge in [0, 0.05) is 30.4 Å². The Kier molecular flexibility index (Phi) is 5.36. The van der Waals surface area contributed by atoms with Crippen LogP contribution in [0.3, 0.4) is 0 Å². The van der Waals surface area contributed by atoms with Crippen molar-refractivity contribution < 1.29 is 18.3 Å². The molecule has 1 saturated heterocycles. The van der Waals surface area contributed by atoms with E-state index in [0.717, 1.165) is 47.4 Å². The van der Waals surface area contributed by atoms with Gasteiger partial charge >= 0.3 is 0 Å². The molecule has 1 aliphatic rings. The van der Waals surface area contributed by atoms with E-state index in [2.05, 4.69) is 10.2 Å².